The zero-order chi connectivity index (χ0) is 11.2. The van der Waals surface area contributed by atoms with Gasteiger partial charge in [0.2, 0.25) is 0 Å². The van der Waals surface area contributed by atoms with Crippen molar-refractivity contribution in [2.45, 2.75) is 32.8 Å². The van der Waals surface area contributed by atoms with E-state index < -0.39 is 11.6 Å². The van der Waals surface area contributed by atoms with E-state index in [-0.39, 0.29) is 12.5 Å². The molecule has 0 saturated carbocycles. The molecule has 2 unspecified atom stereocenters. The molecule has 0 saturated heterocycles. The number of carbonyl (C=O) groups excluding carboxylic acids is 1. The lowest BCUT2D eigenvalue weighted by Gasteiger charge is -2.29. The van der Waals surface area contributed by atoms with Gasteiger partial charge in [0.15, 0.2) is 5.60 Å². The summed E-state index contributed by atoms with van der Waals surface area (Å²) in [4.78, 5) is 11.4. The Morgan fingerprint density at radius 1 is 1.50 bits per heavy atom. The van der Waals surface area contributed by atoms with E-state index in [2.05, 4.69) is 0 Å². The minimum atomic E-state index is -1.46. The van der Waals surface area contributed by atoms with Gasteiger partial charge in [0.1, 0.15) is 0 Å². The number of esters is 1. The standard InChI is InChI=1S/C10H20O4/c1-5-8(7-13-4)10(3,12)9(11)14-6-2/h8,12H,5-7H2,1-4H3. The Hall–Kier alpha value is -0.610. The van der Waals surface area contributed by atoms with Crippen LogP contribution in [-0.2, 0) is 14.3 Å². The summed E-state index contributed by atoms with van der Waals surface area (Å²) < 4.78 is 9.73. The van der Waals surface area contributed by atoms with Gasteiger partial charge in [-0.05, 0) is 20.3 Å². The second-order valence-electron chi connectivity index (χ2n) is 3.43. The van der Waals surface area contributed by atoms with E-state index in [0.29, 0.717) is 13.0 Å². The van der Waals surface area contributed by atoms with Crippen LogP contribution in [0.5, 0.6) is 0 Å². The number of aliphatic hydroxyl groups is 1. The number of ether oxygens (including phenoxy) is 2. The van der Waals surface area contributed by atoms with Gasteiger partial charge >= 0.3 is 5.97 Å². The fraction of sp³-hybridized carbons (Fsp3) is 0.900. The van der Waals surface area contributed by atoms with Crippen molar-refractivity contribution < 1.29 is 19.4 Å². The minimum Gasteiger partial charge on any atom is -0.464 e. The molecular weight excluding hydrogens is 184 g/mol. The first kappa shape index (κ1) is 13.4. The highest BCUT2D eigenvalue weighted by Crippen LogP contribution is 2.22. The van der Waals surface area contributed by atoms with Gasteiger partial charge < -0.3 is 14.6 Å². The molecule has 0 amide bonds. The summed E-state index contributed by atoms with van der Waals surface area (Å²) in [6, 6.07) is 0. The molecule has 4 nitrogen and oxygen atoms in total. The summed E-state index contributed by atoms with van der Waals surface area (Å²) in [6.45, 7) is 5.71. The molecule has 0 aromatic rings. The summed E-state index contributed by atoms with van der Waals surface area (Å²) in [5.74, 6) is -0.810. The summed E-state index contributed by atoms with van der Waals surface area (Å²) in [7, 11) is 1.55. The molecule has 84 valence electrons. The fourth-order valence-corrected chi connectivity index (χ4v) is 1.32. The zero-order valence-corrected chi connectivity index (χ0v) is 9.37. The van der Waals surface area contributed by atoms with Crippen molar-refractivity contribution in [1.82, 2.24) is 0 Å². The highest BCUT2D eigenvalue weighted by molar-refractivity contribution is 5.79. The van der Waals surface area contributed by atoms with Crippen LogP contribution >= 0.6 is 0 Å². The molecule has 0 rings (SSSR count). The number of rotatable bonds is 6. The van der Waals surface area contributed by atoms with Gasteiger partial charge in [0, 0.05) is 13.0 Å². The average molecular weight is 204 g/mol. The van der Waals surface area contributed by atoms with Crippen molar-refractivity contribution in [2.75, 3.05) is 20.3 Å². The highest BCUT2D eigenvalue weighted by Gasteiger charge is 2.39. The second-order valence-corrected chi connectivity index (χ2v) is 3.43. The van der Waals surface area contributed by atoms with Crippen LogP contribution in [0.2, 0.25) is 0 Å². The minimum absolute atomic E-state index is 0.230. The van der Waals surface area contributed by atoms with Crippen molar-refractivity contribution >= 4 is 5.97 Å². The molecule has 4 heteroatoms. The third kappa shape index (κ3) is 3.27. The molecule has 0 aliphatic rings. The largest absolute Gasteiger partial charge is 0.464 e. The molecule has 0 radical (unpaired) electrons. The van der Waals surface area contributed by atoms with Gasteiger partial charge in [-0.15, -0.1) is 0 Å². The smallest absolute Gasteiger partial charge is 0.338 e. The Kier molecular flexibility index (Phi) is 5.72. The van der Waals surface area contributed by atoms with Crippen LogP contribution in [0.4, 0.5) is 0 Å². The third-order valence-electron chi connectivity index (χ3n) is 2.34. The van der Waals surface area contributed by atoms with Crippen molar-refractivity contribution in [1.29, 1.82) is 0 Å². The number of methoxy groups -OCH3 is 1. The molecule has 0 spiro atoms. The predicted octanol–water partition coefficient (Wildman–Crippen LogP) is 0.973. The maximum absolute atomic E-state index is 11.4. The molecule has 2 atom stereocenters. The molecule has 0 fully saturated rings. The van der Waals surface area contributed by atoms with Crippen molar-refractivity contribution in [3.8, 4) is 0 Å². The lowest BCUT2D eigenvalue weighted by molar-refractivity contribution is -0.171. The quantitative estimate of drug-likeness (QED) is 0.655. The molecule has 1 N–H and O–H groups in total. The van der Waals surface area contributed by atoms with Crippen LogP contribution in [-0.4, -0.2) is 37.0 Å². The van der Waals surface area contributed by atoms with Crippen LogP contribution < -0.4 is 0 Å². The van der Waals surface area contributed by atoms with E-state index in [1.165, 1.54) is 6.92 Å². The van der Waals surface area contributed by atoms with Crippen molar-refractivity contribution in [2.24, 2.45) is 5.92 Å². The van der Waals surface area contributed by atoms with Gasteiger partial charge in [0.05, 0.1) is 13.2 Å². The fourth-order valence-electron chi connectivity index (χ4n) is 1.32. The Morgan fingerprint density at radius 2 is 2.07 bits per heavy atom. The molecule has 0 aliphatic heterocycles. The van der Waals surface area contributed by atoms with Gasteiger partial charge in [-0.2, -0.15) is 0 Å². The summed E-state index contributed by atoms with van der Waals surface area (Å²) >= 11 is 0. The van der Waals surface area contributed by atoms with E-state index in [1.54, 1.807) is 14.0 Å². The normalized spacial score (nSPS) is 17.2. The molecule has 0 bridgehead atoms. The molecule has 14 heavy (non-hydrogen) atoms. The maximum atomic E-state index is 11.4. The van der Waals surface area contributed by atoms with Crippen LogP contribution in [0.25, 0.3) is 0 Å². The molecule has 0 aromatic carbocycles. The lowest BCUT2D eigenvalue weighted by atomic mass is 9.87. The van der Waals surface area contributed by atoms with Gasteiger partial charge in [-0.1, -0.05) is 6.92 Å². The van der Waals surface area contributed by atoms with E-state index >= 15 is 0 Å². The molecule has 0 heterocycles. The number of hydrogen-bond acceptors (Lipinski definition) is 4. The molecular formula is C10H20O4. The van der Waals surface area contributed by atoms with Gasteiger partial charge in [-0.25, -0.2) is 4.79 Å². The Bertz CT molecular complexity index is 177. The predicted molar refractivity (Wildman–Crippen MR) is 52.9 cm³/mol. The van der Waals surface area contributed by atoms with Crippen LogP contribution in [0.1, 0.15) is 27.2 Å². The first-order valence-corrected chi connectivity index (χ1v) is 4.89. The average Bonchev–Trinajstić information content (AvgIpc) is 2.14. The van der Waals surface area contributed by atoms with Crippen LogP contribution in [0.3, 0.4) is 0 Å². The third-order valence-corrected chi connectivity index (χ3v) is 2.34. The molecule has 0 aromatic heterocycles. The maximum Gasteiger partial charge on any atom is 0.338 e. The topological polar surface area (TPSA) is 55.8 Å². The monoisotopic (exact) mass is 204 g/mol. The molecule has 0 aliphatic carbocycles. The zero-order valence-electron chi connectivity index (χ0n) is 9.37. The summed E-state index contributed by atoms with van der Waals surface area (Å²) in [6.07, 6.45) is 0.666. The first-order valence-electron chi connectivity index (χ1n) is 4.89. The number of carbonyl (C=O) groups is 1. The first-order chi connectivity index (χ1) is 6.50. The summed E-state index contributed by atoms with van der Waals surface area (Å²) in [5.41, 5.74) is -1.46. The van der Waals surface area contributed by atoms with Crippen LogP contribution in [0, 0.1) is 5.92 Å². The van der Waals surface area contributed by atoms with Crippen molar-refractivity contribution in [3.63, 3.8) is 0 Å². The van der Waals surface area contributed by atoms with E-state index in [4.69, 9.17) is 9.47 Å². The number of hydrogen-bond donors (Lipinski definition) is 1. The SMILES string of the molecule is CCOC(=O)C(C)(O)C(CC)COC. The van der Waals surface area contributed by atoms with Crippen molar-refractivity contribution in [3.05, 3.63) is 0 Å². The Morgan fingerprint density at radius 3 is 2.43 bits per heavy atom. The summed E-state index contributed by atoms with van der Waals surface area (Å²) in [5, 5.41) is 9.95. The lowest BCUT2D eigenvalue weighted by Crippen LogP contribution is -2.45. The van der Waals surface area contributed by atoms with Gasteiger partial charge in [-0.3, -0.25) is 0 Å². The Balaban J connectivity index is 4.45. The van der Waals surface area contributed by atoms with E-state index in [1.807, 2.05) is 6.92 Å². The second kappa shape index (κ2) is 5.98. The Labute approximate surface area is 85.2 Å². The van der Waals surface area contributed by atoms with E-state index in [9.17, 15) is 9.90 Å². The highest BCUT2D eigenvalue weighted by atomic mass is 16.5. The van der Waals surface area contributed by atoms with E-state index in [0.717, 1.165) is 0 Å². The van der Waals surface area contributed by atoms with Gasteiger partial charge in [0.25, 0.3) is 0 Å². The van der Waals surface area contributed by atoms with Crippen LogP contribution in [0.15, 0.2) is 0 Å².